The molecule has 0 fully saturated rings. The summed E-state index contributed by atoms with van der Waals surface area (Å²) < 4.78 is 0. The SMILES string of the molecule is CCN1C=CN(C(C)(C)c2ccccc2)C1. The largest absolute Gasteiger partial charge is 0.359 e. The van der Waals surface area contributed by atoms with Gasteiger partial charge in [0, 0.05) is 18.9 Å². The lowest BCUT2D eigenvalue weighted by atomic mass is 9.93. The van der Waals surface area contributed by atoms with E-state index in [2.05, 4.69) is 73.3 Å². The van der Waals surface area contributed by atoms with Gasteiger partial charge in [0.1, 0.15) is 0 Å². The maximum absolute atomic E-state index is 2.38. The van der Waals surface area contributed by atoms with Crippen LogP contribution in [-0.2, 0) is 5.54 Å². The molecule has 16 heavy (non-hydrogen) atoms. The second-order valence-electron chi connectivity index (χ2n) is 4.74. The Morgan fingerprint density at radius 1 is 1.12 bits per heavy atom. The van der Waals surface area contributed by atoms with Crippen LogP contribution in [0.4, 0.5) is 0 Å². The van der Waals surface area contributed by atoms with Crippen LogP contribution in [0.2, 0.25) is 0 Å². The van der Waals surface area contributed by atoms with Gasteiger partial charge in [-0.2, -0.15) is 0 Å². The van der Waals surface area contributed by atoms with Crippen molar-refractivity contribution in [2.45, 2.75) is 26.3 Å². The number of benzene rings is 1. The molecule has 1 aromatic rings. The number of rotatable bonds is 3. The normalized spacial score (nSPS) is 15.9. The lowest BCUT2D eigenvalue weighted by molar-refractivity contribution is 0.149. The zero-order valence-corrected chi connectivity index (χ0v) is 10.4. The fraction of sp³-hybridized carbons (Fsp3) is 0.429. The summed E-state index contributed by atoms with van der Waals surface area (Å²) >= 11 is 0. The van der Waals surface area contributed by atoms with Gasteiger partial charge in [0.05, 0.1) is 12.2 Å². The Morgan fingerprint density at radius 2 is 1.81 bits per heavy atom. The van der Waals surface area contributed by atoms with Crippen LogP contribution in [0.15, 0.2) is 42.7 Å². The van der Waals surface area contributed by atoms with Crippen LogP contribution in [0, 0.1) is 0 Å². The first kappa shape index (κ1) is 11.1. The molecule has 0 atom stereocenters. The van der Waals surface area contributed by atoms with Crippen LogP contribution in [0.3, 0.4) is 0 Å². The van der Waals surface area contributed by atoms with E-state index in [1.54, 1.807) is 0 Å². The first-order valence-corrected chi connectivity index (χ1v) is 5.89. The summed E-state index contributed by atoms with van der Waals surface area (Å²) in [5.74, 6) is 0. The molecule has 86 valence electrons. The van der Waals surface area contributed by atoms with Crippen molar-refractivity contribution in [3.8, 4) is 0 Å². The fourth-order valence-corrected chi connectivity index (χ4v) is 2.05. The predicted molar refractivity (Wildman–Crippen MR) is 67.7 cm³/mol. The van der Waals surface area contributed by atoms with E-state index in [0.717, 1.165) is 13.2 Å². The number of nitrogens with zero attached hydrogens (tertiary/aromatic N) is 2. The molecular weight excluding hydrogens is 196 g/mol. The van der Waals surface area contributed by atoms with Gasteiger partial charge in [-0.1, -0.05) is 30.3 Å². The van der Waals surface area contributed by atoms with Gasteiger partial charge in [-0.05, 0) is 26.3 Å². The smallest absolute Gasteiger partial charge is 0.0901 e. The molecule has 0 aliphatic carbocycles. The van der Waals surface area contributed by atoms with E-state index < -0.39 is 0 Å². The minimum atomic E-state index is 0.0572. The lowest BCUT2D eigenvalue weighted by Gasteiger charge is -2.37. The molecule has 0 unspecified atom stereocenters. The molecule has 0 N–H and O–H groups in total. The Hall–Kier alpha value is -1.44. The molecule has 0 amide bonds. The Bertz CT molecular complexity index is 368. The van der Waals surface area contributed by atoms with E-state index in [-0.39, 0.29) is 5.54 Å². The van der Waals surface area contributed by atoms with E-state index in [9.17, 15) is 0 Å². The minimum absolute atomic E-state index is 0.0572. The topological polar surface area (TPSA) is 6.48 Å². The summed E-state index contributed by atoms with van der Waals surface area (Å²) in [6.07, 6.45) is 4.36. The summed E-state index contributed by atoms with van der Waals surface area (Å²) in [5.41, 5.74) is 1.42. The molecule has 1 aliphatic rings. The summed E-state index contributed by atoms with van der Waals surface area (Å²) in [7, 11) is 0. The van der Waals surface area contributed by atoms with Gasteiger partial charge in [0.15, 0.2) is 0 Å². The molecule has 2 nitrogen and oxygen atoms in total. The van der Waals surface area contributed by atoms with Gasteiger partial charge in [0.25, 0.3) is 0 Å². The van der Waals surface area contributed by atoms with Gasteiger partial charge in [-0.3, -0.25) is 0 Å². The second kappa shape index (κ2) is 4.20. The van der Waals surface area contributed by atoms with Gasteiger partial charge >= 0.3 is 0 Å². The second-order valence-corrected chi connectivity index (χ2v) is 4.74. The van der Waals surface area contributed by atoms with Gasteiger partial charge in [-0.25, -0.2) is 0 Å². The summed E-state index contributed by atoms with van der Waals surface area (Å²) in [4.78, 5) is 4.69. The number of hydrogen-bond donors (Lipinski definition) is 0. The van der Waals surface area contributed by atoms with Gasteiger partial charge < -0.3 is 9.80 Å². The molecule has 0 radical (unpaired) electrons. The molecule has 0 saturated carbocycles. The first-order valence-electron chi connectivity index (χ1n) is 5.89. The Balaban J connectivity index is 2.18. The van der Waals surface area contributed by atoms with E-state index in [1.807, 2.05) is 0 Å². The molecule has 2 rings (SSSR count). The molecule has 0 spiro atoms. The molecule has 1 aromatic carbocycles. The summed E-state index contributed by atoms with van der Waals surface area (Å²) in [6, 6.07) is 10.7. The average Bonchev–Trinajstić information content (AvgIpc) is 2.79. The van der Waals surface area contributed by atoms with Crippen molar-refractivity contribution in [1.82, 2.24) is 9.80 Å². The average molecular weight is 216 g/mol. The Morgan fingerprint density at radius 3 is 2.38 bits per heavy atom. The highest BCUT2D eigenvalue weighted by Gasteiger charge is 2.29. The van der Waals surface area contributed by atoms with Crippen LogP contribution < -0.4 is 0 Å². The quantitative estimate of drug-likeness (QED) is 0.766. The summed E-state index contributed by atoms with van der Waals surface area (Å²) in [5, 5.41) is 0. The lowest BCUT2D eigenvalue weighted by Crippen LogP contribution is -2.39. The molecular formula is C14H20N2. The highest BCUT2D eigenvalue weighted by molar-refractivity contribution is 5.24. The summed E-state index contributed by atoms with van der Waals surface area (Å²) in [6.45, 7) is 8.78. The number of hydrogen-bond acceptors (Lipinski definition) is 2. The third-order valence-electron chi connectivity index (χ3n) is 3.40. The third-order valence-corrected chi connectivity index (χ3v) is 3.40. The molecule has 2 heteroatoms. The maximum Gasteiger partial charge on any atom is 0.0901 e. The molecule has 1 heterocycles. The Kier molecular flexibility index (Phi) is 2.90. The van der Waals surface area contributed by atoms with Crippen LogP contribution in [-0.4, -0.2) is 23.0 Å². The zero-order chi connectivity index (χ0) is 11.6. The first-order chi connectivity index (χ1) is 7.64. The molecule has 0 bridgehead atoms. The van der Waals surface area contributed by atoms with Gasteiger partial charge in [-0.15, -0.1) is 0 Å². The van der Waals surface area contributed by atoms with E-state index in [1.165, 1.54) is 5.56 Å². The van der Waals surface area contributed by atoms with E-state index >= 15 is 0 Å². The standard InChI is InChI=1S/C14H20N2/c1-4-15-10-11-16(12-15)14(2,3)13-8-6-5-7-9-13/h5-11H,4,12H2,1-3H3. The molecule has 0 saturated heterocycles. The van der Waals surface area contributed by atoms with E-state index in [0.29, 0.717) is 0 Å². The van der Waals surface area contributed by atoms with E-state index in [4.69, 9.17) is 0 Å². The highest BCUT2D eigenvalue weighted by Crippen LogP contribution is 2.30. The van der Waals surface area contributed by atoms with Crippen molar-refractivity contribution < 1.29 is 0 Å². The highest BCUT2D eigenvalue weighted by atomic mass is 15.4. The third kappa shape index (κ3) is 1.92. The van der Waals surface area contributed by atoms with Crippen LogP contribution in [0.1, 0.15) is 26.3 Å². The molecule has 0 aromatic heterocycles. The monoisotopic (exact) mass is 216 g/mol. The predicted octanol–water partition coefficient (Wildman–Crippen LogP) is 2.99. The van der Waals surface area contributed by atoms with Crippen LogP contribution in [0.5, 0.6) is 0 Å². The van der Waals surface area contributed by atoms with Crippen LogP contribution in [0.25, 0.3) is 0 Å². The minimum Gasteiger partial charge on any atom is -0.359 e. The maximum atomic E-state index is 2.38. The van der Waals surface area contributed by atoms with Crippen molar-refractivity contribution in [3.63, 3.8) is 0 Å². The molecule has 1 aliphatic heterocycles. The van der Waals surface area contributed by atoms with Crippen molar-refractivity contribution in [1.29, 1.82) is 0 Å². The fourth-order valence-electron chi connectivity index (χ4n) is 2.05. The van der Waals surface area contributed by atoms with Crippen molar-refractivity contribution >= 4 is 0 Å². The van der Waals surface area contributed by atoms with Crippen molar-refractivity contribution in [2.75, 3.05) is 13.2 Å². The van der Waals surface area contributed by atoms with Crippen LogP contribution >= 0.6 is 0 Å². The van der Waals surface area contributed by atoms with Crippen molar-refractivity contribution in [3.05, 3.63) is 48.3 Å². The van der Waals surface area contributed by atoms with Gasteiger partial charge in [0.2, 0.25) is 0 Å². The Labute approximate surface area is 98.2 Å². The van der Waals surface area contributed by atoms with Crippen molar-refractivity contribution in [2.24, 2.45) is 0 Å². The zero-order valence-electron chi connectivity index (χ0n) is 10.4.